The Kier molecular flexibility index (Phi) is 4.02. The van der Waals surface area contributed by atoms with Gasteiger partial charge in [-0.2, -0.15) is 5.10 Å². The minimum Gasteiger partial charge on any atom is -0.265 e. The summed E-state index contributed by atoms with van der Waals surface area (Å²) in [6, 6.07) is 12.1. The van der Waals surface area contributed by atoms with Crippen LogP contribution in [0.3, 0.4) is 0 Å². The first kappa shape index (κ1) is 13.5. The Morgan fingerprint density at radius 1 is 1.10 bits per heavy atom. The van der Waals surface area contributed by atoms with Crippen molar-refractivity contribution in [2.75, 3.05) is 5.43 Å². The highest BCUT2D eigenvalue weighted by Crippen LogP contribution is 2.24. The Bertz CT molecular complexity index is 732. The molecule has 0 aliphatic heterocycles. The van der Waals surface area contributed by atoms with Crippen LogP contribution in [0.15, 0.2) is 59.3 Å². The maximum absolute atomic E-state index is 4.52. The molecule has 0 aliphatic rings. The molecule has 4 nitrogen and oxygen atoms in total. The summed E-state index contributed by atoms with van der Waals surface area (Å²) in [5.41, 5.74) is 7.26. The van der Waals surface area contributed by atoms with Crippen molar-refractivity contribution in [1.29, 1.82) is 0 Å². The summed E-state index contributed by atoms with van der Waals surface area (Å²) in [6.45, 7) is 2.08. The smallest absolute Gasteiger partial charge is 0.203 e. The van der Waals surface area contributed by atoms with E-state index in [1.807, 2.05) is 17.5 Å². The number of hydrogen-bond acceptors (Lipinski definition) is 5. The molecule has 3 rings (SSSR count). The molecule has 0 amide bonds. The van der Waals surface area contributed by atoms with E-state index in [2.05, 4.69) is 51.7 Å². The van der Waals surface area contributed by atoms with Crippen LogP contribution in [0.5, 0.6) is 0 Å². The van der Waals surface area contributed by atoms with Crippen molar-refractivity contribution < 1.29 is 0 Å². The van der Waals surface area contributed by atoms with Crippen molar-refractivity contribution in [3.8, 4) is 11.3 Å². The lowest BCUT2D eigenvalue weighted by atomic mass is 10.1. The van der Waals surface area contributed by atoms with Crippen molar-refractivity contribution in [1.82, 2.24) is 9.97 Å². The van der Waals surface area contributed by atoms with E-state index >= 15 is 0 Å². The molecule has 0 bridgehead atoms. The Labute approximate surface area is 127 Å². The number of aryl methyl sites for hydroxylation is 1. The fourth-order valence-corrected chi connectivity index (χ4v) is 2.46. The van der Waals surface area contributed by atoms with Crippen LogP contribution >= 0.6 is 11.3 Å². The van der Waals surface area contributed by atoms with Gasteiger partial charge in [0, 0.05) is 23.3 Å². The number of nitrogens with zero attached hydrogens (tertiary/aromatic N) is 3. The van der Waals surface area contributed by atoms with Crippen LogP contribution in [-0.2, 0) is 0 Å². The molecule has 0 spiro atoms. The first-order valence-corrected chi connectivity index (χ1v) is 7.41. The van der Waals surface area contributed by atoms with Gasteiger partial charge in [0.15, 0.2) is 0 Å². The summed E-state index contributed by atoms with van der Waals surface area (Å²) in [7, 11) is 0. The number of pyridine rings is 1. The number of rotatable bonds is 4. The van der Waals surface area contributed by atoms with E-state index in [-0.39, 0.29) is 0 Å². The van der Waals surface area contributed by atoms with E-state index < -0.39 is 0 Å². The van der Waals surface area contributed by atoms with Crippen LogP contribution in [0.1, 0.15) is 11.1 Å². The van der Waals surface area contributed by atoms with E-state index in [0.717, 1.165) is 22.0 Å². The topological polar surface area (TPSA) is 50.2 Å². The zero-order valence-corrected chi connectivity index (χ0v) is 12.3. The van der Waals surface area contributed by atoms with Gasteiger partial charge in [-0.05, 0) is 24.6 Å². The first-order chi connectivity index (χ1) is 10.3. The number of nitrogens with one attached hydrogen (secondary N) is 1. The molecule has 0 unspecified atom stereocenters. The molecule has 0 saturated carbocycles. The van der Waals surface area contributed by atoms with Crippen LogP contribution in [0.25, 0.3) is 11.3 Å². The SMILES string of the molecule is Cc1ccc(-c2csc(N/N=C\c3ccncc3)n2)cc1. The lowest BCUT2D eigenvalue weighted by Gasteiger charge is -1.97. The second-order valence-corrected chi connectivity index (χ2v) is 5.41. The molecule has 1 aromatic carbocycles. The lowest BCUT2D eigenvalue weighted by Crippen LogP contribution is -1.90. The van der Waals surface area contributed by atoms with Gasteiger partial charge in [-0.3, -0.25) is 10.4 Å². The van der Waals surface area contributed by atoms with Crippen LogP contribution in [0.4, 0.5) is 5.13 Å². The van der Waals surface area contributed by atoms with Gasteiger partial charge < -0.3 is 0 Å². The molecular weight excluding hydrogens is 280 g/mol. The molecule has 2 aromatic heterocycles. The van der Waals surface area contributed by atoms with Crippen LogP contribution in [-0.4, -0.2) is 16.2 Å². The van der Waals surface area contributed by atoms with Crippen molar-refractivity contribution in [2.45, 2.75) is 6.92 Å². The molecule has 104 valence electrons. The maximum Gasteiger partial charge on any atom is 0.203 e. The predicted molar refractivity (Wildman–Crippen MR) is 87.7 cm³/mol. The number of aromatic nitrogens is 2. The minimum atomic E-state index is 0.774. The first-order valence-electron chi connectivity index (χ1n) is 6.53. The van der Waals surface area contributed by atoms with Gasteiger partial charge in [0.25, 0.3) is 0 Å². The summed E-state index contributed by atoms with van der Waals surface area (Å²) in [5.74, 6) is 0. The van der Waals surface area contributed by atoms with Gasteiger partial charge in [0.05, 0.1) is 11.9 Å². The minimum absolute atomic E-state index is 0.774. The Balaban J connectivity index is 1.68. The third-order valence-corrected chi connectivity index (χ3v) is 3.68. The van der Waals surface area contributed by atoms with Crippen LogP contribution < -0.4 is 5.43 Å². The summed E-state index contributed by atoms with van der Waals surface area (Å²) < 4.78 is 0. The van der Waals surface area contributed by atoms with E-state index in [1.165, 1.54) is 16.9 Å². The number of thiazole rings is 1. The molecule has 2 heterocycles. The van der Waals surface area contributed by atoms with Gasteiger partial charge in [-0.1, -0.05) is 29.8 Å². The zero-order chi connectivity index (χ0) is 14.5. The molecule has 0 aliphatic carbocycles. The van der Waals surface area contributed by atoms with E-state index in [0.29, 0.717) is 0 Å². The normalized spacial score (nSPS) is 10.9. The largest absolute Gasteiger partial charge is 0.265 e. The second-order valence-electron chi connectivity index (χ2n) is 4.55. The van der Waals surface area contributed by atoms with E-state index in [4.69, 9.17) is 0 Å². The van der Waals surface area contributed by atoms with Crippen LogP contribution in [0, 0.1) is 6.92 Å². The van der Waals surface area contributed by atoms with Gasteiger partial charge in [-0.25, -0.2) is 4.98 Å². The third-order valence-electron chi connectivity index (χ3n) is 2.93. The highest BCUT2D eigenvalue weighted by atomic mass is 32.1. The molecular formula is C16H14N4S. The number of anilines is 1. The van der Waals surface area contributed by atoms with Gasteiger partial charge >= 0.3 is 0 Å². The average molecular weight is 294 g/mol. The fraction of sp³-hybridized carbons (Fsp3) is 0.0625. The van der Waals surface area contributed by atoms with E-state index in [9.17, 15) is 0 Å². The monoisotopic (exact) mass is 294 g/mol. The zero-order valence-electron chi connectivity index (χ0n) is 11.5. The van der Waals surface area contributed by atoms with Gasteiger partial charge in [0.1, 0.15) is 0 Å². The summed E-state index contributed by atoms with van der Waals surface area (Å²) in [4.78, 5) is 8.48. The highest BCUT2D eigenvalue weighted by Gasteiger charge is 2.03. The lowest BCUT2D eigenvalue weighted by molar-refractivity contribution is 1.28. The Morgan fingerprint density at radius 3 is 2.62 bits per heavy atom. The van der Waals surface area contributed by atoms with Crippen molar-refractivity contribution in [3.63, 3.8) is 0 Å². The van der Waals surface area contributed by atoms with Crippen molar-refractivity contribution in [3.05, 3.63) is 65.3 Å². The molecule has 0 fully saturated rings. The summed E-state index contributed by atoms with van der Waals surface area (Å²) >= 11 is 1.54. The summed E-state index contributed by atoms with van der Waals surface area (Å²) in [5, 5.41) is 6.97. The second kappa shape index (κ2) is 6.28. The molecule has 3 aromatic rings. The highest BCUT2D eigenvalue weighted by molar-refractivity contribution is 7.14. The molecule has 0 saturated heterocycles. The Morgan fingerprint density at radius 2 is 1.86 bits per heavy atom. The van der Waals surface area contributed by atoms with Crippen LogP contribution in [0.2, 0.25) is 0 Å². The van der Waals surface area contributed by atoms with E-state index in [1.54, 1.807) is 18.6 Å². The molecule has 1 N–H and O–H groups in total. The molecule has 0 atom stereocenters. The standard InChI is InChI=1S/C16H14N4S/c1-12-2-4-14(5-3-12)15-11-21-16(19-15)20-18-10-13-6-8-17-9-7-13/h2-11H,1H3,(H,19,20)/b18-10-. The third kappa shape index (κ3) is 3.52. The van der Waals surface area contributed by atoms with Crippen molar-refractivity contribution >= 4 is 22.7 Å². The summed E-state index contributed by atoms with van der Waals surface area (Å²) in [6.07, 6.45) is 5.22. The molecule has 21 heavy (non-hydrogen) atoms. The number of benzene rings is 1. The average Bonchev–Trinajstić information content (AvgIpc) is 2.98. The molecule has 0 radical (unpaired) electrons. The predicted octanol–water partition coefficient (Wildman–Crippen LogP) is 3.96. The fourth-order valence-electron chi connectivity index (χ4n) is 1.79. The van der Waals surface area contributed by atoms with Gasteiger partial charge in [-0.15, -0.1) is 11.3 Å². The maximum atomic E-state index is 4.52. The van der Waals surface area contributed by atoms with Crippen molar-refractivity contribution in [2.24, 2.45) is 5.10 Å². The Hall–Kier alpha value is -2.53. The number of hydrazone groups is 1. The molecule has 5 heteroatoms. The quantitative estimate of drug-likeness (QED) is 0.585. The van der Waals surface area contributed by atoms with Gasteiger partial charge in [0.2, 0.25) is 5.13 Å². The number of hydrogen-bond donors (Lipinski definition) is 1.